The van der Waals surface area contributed by atoms with Gasteiger partial charge in [0.25, 0.3) is 0 Å². The van der Waals surface area contributed by atoms with Gasteiger partial charge in [0.2, 0.25) is 0 Å². The molecule has 2 aromatic carbocycles. The summed E-state index contributed by atoms with van der Waals surface area (Å²) in [7, 11) is 2.19. The van der Waals surface area contributed by atoms with E-state index in [-0.39, 0.29) is 6.10 Å². The highest BCUT2D eigenvalue weighted by atomic mass is 16.5. The number of aromatic nitrogens is 2. The van der Waals surface area contributed by atoms with E-state index in [9.17, 15) is 0 Å². The van der Waals surface area contributed by atoms with Crippen LogP contribution in [0, 0.1) is 0 Å². The molecule has 7 nitrogen and oxygen atoms in total. The fourth-order valence-corrected chi connectivity index (χ4v) is 5.64. The number of hydrogen-bond acceptors (Lipinski definition) is 6. The largest absolute Gasteiger partial charge is 0.489 e. The molecule has 2 N–H and O–H groups in total. The lowest BCUT2D eigenvalue weighted by molar-refractivity contribution is 0.223. The van der Waals surface area contributed by atoms with Crippen LogP contribution in [-0.2, 0) is 6.61 Å². The fraction of sp³-hybridized carbons (Fsp3) is 0.345. The summed E-state index contributed by atoms with van der Waals surface area (Å²) in [6.45, 7) is 6.81. The molecule has 7 heteroatoms. The van der Waals surface area contributed by atoms with Gasteiger partial charge >= 0.3 is 0 Å². The van der Waals surface area contributed by atoms with Crippen LogP contribution in [0.25, 0.3) is 33.3 Å². The molecule has 184 valence electrons. The van der Waals surface area contributed by atoms with Crippen molar-refractivity contribution in [3.63, 3.8) is 0 Å². The van der Waals surface area contributed by atoms with E-state index in [1.807, 2.05) is 12.4 Å². The number of H-pyrrole nitrogens is 1. The number of nitrogens with one attached hydrogen (secondary N) is 2. The van der Waals surface area contributed by atoms with E-state index in [4.69, 9.17) is 14.5 Å². The molecule has 3 aliphatic rings. The summed E-state index contributed by atoms with van der Waals surface area (Å²) in [6.07, 6.45) is 5.28. The van der Waals surface area contributed by atoms with E-state index in [1.54, 1.807) is 0 Å². The number of rotatable bonds is 4. The third-order valence-corrected chi connectivity index (χ3v) is 7.76. The number of anilines is 1. The SMILES string of the molecule is CN1CCN(c2ccc3c(c2)COc2c-3cnc3[nH]cc(-c4ccc(O[C@@H]5CCNC5)cc4)c23)CC1. The number of ether oxygens (including phenoxy) is 2. The lowest BCUT2D eigenvalue weighted by Crippen LogP contribution is -2.44. The Labute approximate surface area is 211 Å². The van der Waals surface area contributed by atoms with Crippen molar-refractivity contribution in [3.8, 4) is 33.8 Å². The molecule has 2 aromatic heterocycles. The van der Waals surface area contributed by atoms with Gasteiger partial charge in [-0.05, 0) is 61.0 Å². The third kappa shape index (κ3) is 3.79. The van der Waals surface area contributed by atoms with Crippen LogP contribution in [0.1, 0.15) is 12.0 Å². The number of likely N-dealkylation sites (N-methyl/N-ethyl adjacent to an activating group) is 1. The molecule has 2 saturated heterocycles. The lowest BCUT2D eigenvalue weighted by Gasteiger charge is -2.34. The van der Waals surface area contributed by atoms with Crippen LogP contribution in [0.15, 0.2) is 54.9 Å². The number of pyridine rings is 1. The van der Waals surface area contributed by atoms with Crippen LogP contribution in [0.5, 0.6) is 11.5 Å². The first-order valence-corrected chi connectivity index (χ1v) is 12.9. The van der Waals surface area contributed by atoms with Crippen LogP contribution in [0.4, 0.5) is 5.69 Å². The number of nitrogens with zero attached hydrogens (tertiary/aromatic N) is 3. The average molecular weight is 482 g/mol. The van der Waals surface area contributed by atoms with Gasteiger partial charge in [0.05, 0.1) is 5.39 Å². The Hall–Kier alpha value is -3.55. The quantitative estimate of drug-likeness (QED) is 0.454. The average Bonchev–Trinajstić information content (AvgIpc) is 3.59. The van der Waals surface area contributed by atoms with Gasteiger partial charge < -0.3 is 29.6 Å². The zero-order valence-electron chi connectivity index (χ0n) is 20.6. The minimum absolute atomic E-state index is 0.255. The van der Waals surface area contributed by atoms with Gasteiger partial charge in [0.15, 0.2) is 0 Å². The predicted molar refractivity (Wildman–Crippen MR) is 143 cm³/mol. The molecule has 3 aliphatic heterocycles. The molecular weight excluding hydrogens is 450 g/mol. The molecule has 0 radical (unpaired) electrons. The molecular formula is C29H31N5O2. The zero-order chi connectivity index (χ0) is 24.1. The maximum absolute atomic E-state index is 6.44. The normalized spacial score (nSPS) is 19.7. The van der Waals surface area contributed by atoms with Gasteiger partial charge in [-0.2, -0.15) is 0 Å². The van der Waals surface area contributed by atoms with Crippen molar-refractivity contribution >= 4 is 16.7 Å². The Kier molecular flexibility index (Phi) is 5.33. The minimum atomic E-state index is 0.255. The summed E-state index contributed by atoms with van der Waals surface area (Å²) in [5.74, 6) is 1.82. The standard InChI is InChI=1S/C29H31N5O2/c1-33-10-12-34(13-11-33)21-4-7-24-20(14-21)18-35-28-26(24)17-32-29-27(28)25(16-31-29)19-2-5-22(6-3-19)36-23-8-9-30-15-23/h2-7,14,16-17,23,30H,8-13,15,18H2,1H3,(H,31,32)/t23-/m1/s1. The summed E-state index contributed by atoms with van der Waals surface area (Å²) in [5, 5.41) is 4.39. The lowest BCUT2D eigenvalue weighted by atomic mass is 9.95. The first-order chi connectivity index (χ1) is 17.7. The molecule has 0 bridgehead atoms. The smallest absolute Gasteiger partial charge is 0.141 e. The molecule has 36 heavy (non-hydrogen) atoms. The molecule has 0 aliphatic carbocycles. The fourth-order valence-electron chi connectivity index (χ4n) is 5.64. The summed E-state index contributed by atoms with van der Waals surface area (Å²) >= 11 is 0. The van der Waals surface area contributed by atoms with Crippen molar-refractivity contribution in [3.05, 3.63) is 60.4 Å². The molecule has 2 fully saturated rings. The van der Waals surface area contributed by atoms with E-state index in [2.05, 4.69) is 69.6 Å². The van der Waals surface area contributed by atoms with Crippen LogP contribution < -0.4 is 19.7 Å². The number of benzene rings is 2. The van der Waals surface area contributed by atoms with Gasteiger partial charge in [0, 0.05) is 61.9 Å². The third-order valence-electron chi connectivity index (χ3n) is 7.76. The van der Waals surface area contributed by atoms with E-state index in [0.29, 0.717) is 6.61 Å². The molecule has 0 saturated carbocycles. The number of piperazine rings is 1. The van der Waals surface area contributed by atoms with Crippen molar-refractivity contribution in [1.82, 2.24) is 20.2 Å². The number of hydrogen-bond donors (Lipinski definition) is 2. The second kappa shape index (κ2) is 8.84. The first kappa shape index (κ1) is 21.7. The van der Waals surface area contributed by atoms with Crippen molar-refractivity contribution in [2.45, 2.75) is 19.1 Å². The van der Waals surface area contributed by atoms with Gasteiger partial charge in [-0.25, -0.2) is 4.98 Å². The predicted octanol–water partition coefficient (Wildman–Crippen LogP) is 4.28. The van der Waals surface area contributed by atoms with Gasteiger partial charge in [-0.3, -0.25) is 0 Å². The Balaban J connectivity index is 1.21. The molecule has 4 aromatic rings. The van der Waals surface area contributed by atoms with Crippen molar-refractivity contribution in [2.75, 3.05) is 51.2 Å². The Morgan fingerprint density at radius 2 is 1.86 bits per heavy atom. The van der Waals surface area contributed by atoms with Crippen LogP contribution in [0.3, 0.4) is 0 Å². The minimum Gasteiger partial charge on any atom is -0.489 e. The highest BCUT2D eigenvalue weighted by Gasteiger charge is 2.25. The first-order valence-electron chi connectivity index (χ1n) is 12.9. The Morgan fingerprint density at radius 1 is 1.00 bits per heavy atom. The van der Waals surface area contributed by atoms with Gasteiger partial charge in [-0.1, -0.05) is 18.2 Å². The van der Waals surface area contributed by atoms with Crippen LogP contribution in [-0.4, -0.2) is 67.3 Å². The van der Waals surface area contributed by atoms with Crippen LogP contribution >= 0.6 is 0 Å². The van der Waals surface area contributed by atoms with Crippen molar-refractivity contribution in [1.29, 1.82) is 0 Å². The monoisotopic (exact) mass is 481 g/mol. The maximum atomic E-state index is 6.44. The summed E-state index contributed by atoms with van der Waals surface area (Å²) in [5.41, 5.74) is 7.83. The van der Waals surface area contributed by atoms with E-state index in [1.165, 1.54) is 16.8 Å². The molecule has 0 unspecified atom stereocenters. The number of fused-ring (bicyclic) bond motifs is 5. The van der Waals surface area contributed by atoms with Gasteiger partial charge in [0.1, 0.15) is 29.9 Å². The molecule has 7 rings (SSSR count). The molecule has 0 spiro atoms. The molecule has 1 atom stereocenters. The van der Waals surface area contributed by atoms with Gasteiger partial charge in [-0.15, -0.1) is 0 Å². The van der Waals surface area contributed by atoms with Crippen molar-refractivity contribution in [2.24, 2.45) is 0 Å². The second-order valence-electron chi connectivity index (χ2n) is 10.1. The molecule has 0 amide bonds. The number of aromatic amines is 1. The van der Waals surface area contributed by atoms with Crippen molar-refractivity contribution < 1.29 is 9.47 Å². The molecule has 5 heterocycles. The maximum Gasteiger partial charge on any atom is 0.141 e. The van der Waals surface area contributed by atoms with Crippen LogP contribution in [0.2, 0.25) is 0 Å². The second-order valence-corrected chi connectivity index (χ2v) is 10.1. The van der Waals surface area contributed by atoms with E-state index in [0.717, 1.165) is 84.9 Å². The Morgan fingerprint density at radius 3 is 2.67 bits per heavy atom. The summed E-state index contributed by atoms with van der Waals surface area (Å²) in [6, 6.07) is 15.2. The Bertz CT molecular complexity index is 1400. The summed E-state index contributed by atoms with van der Waals surface area (Å²) in [4.78, 5) is 13.0. The topological polar surface area (TPSA) is 65.7 Å². The van der Waals surface area contributed by atoms with E-state index < -0.39 is 0 Å². The zero-order valence-corrected chi connectivity index (χ0v) is 20.6. The highest BCUT2D eigenvalue weighted by Crippen LogP contribution is 2.45. The van der Waals surface area contributed by atoms with E-state index >= 15 is 0 Å². The highest BCUT2D eigenvalue weighted by molar-refractivity contribution is 6.02. The summed E-state index contributed by atoms with van der Waals surface area (Å²) < 4.78 is 12.5.